The van der Waals surface area contributed by atoms with Gasteiger partial charge >= 0.3 is 5.97 Å². The zero-order chi connectivity index (χ0) is 78.9. The van der Waals surface area contributed by atoms with Crippen LogP contribution < -0.4 is 98.2 Å². The Morgan fingerprint density at radius 1 is 0.317 bits per heavy atom. The minimum atomic E-state index is -1.42. The Bertz CT molecular complexity index is 2870. The van der Waals surface area contributed by atoms with Crippen molar-refractivity contribution >= 4 is 76.9 Å². The van der Waals surface area contributed by atoms with E-state index in [0.717, 1.165) is 0 Å². The molecule has 0 aromatic heterocycles. The molecule has 1 aromatic rings. The van der Waals surface area contributed by atoms with E-state index < -0.39 is 179 Å². The lowest BCUT2D eigenvalue weighted by Crippen LogP contribution is -2.61. The Labute approximate surface area is 613 Å². The van der Waals surface area contributed by atoms with Crippen molar-refractivity contribution in [2.75, 3.05) is 32.7 Å². The van der Waals surface area contributed by atoms with Crippen LogP contribution in [-0.2, 0) is 68.7 Å². The number of nitrogens with one attached hydrogen (secondary N) is 12. The molecular formula is C71H128N18O15. The molecule has 13 atom stereocenters. The molecule has 33 nitrogen and oxygen atoms in total. The summed E-state index contributed by atoms with van der Waals surface area (Å²) >= 11 is 0. The van der Waals surface area contributed by atoms with Crippen LogP contribution in [0.3, 0.4) is 0 Å². The predicted molar refractivity (Wildman–Crippen MR) is 395 cm³/mol. The summed E-state index contributed by atoms with van der Waals surface area (Å²) in [6.07, 6.45) is 5.46. The van der Waals surface area contributed by atoms with Gasteiger partial charge in [-0.2, -0.15) is 0 Å². The highest BCUT2D eigenvalue weighted by Crippen LogP contribution is 2.17. The monoisotopic (exact) mass is 1470 g/mol. The van der Waals surface area contributed by atoms with Crippen LogP contribution in [0, 0.1) is 29.6 Å². The first-order chi connectivity index (χ1) is 49.0. The first-order valence-corrected chi connectivity index (χ1v) is 36.9. The predicted octanol–water partition coefficient (Wildman–Crippen LogP) is -1.48. The molecule has 12 amide bonds. The number of nitrogens with two attached hydrogens (primary N) is 6. The summed E-state index contributed by atoms with van der Waals surface area (Å²) in [4.78, 5) is 180. The highest BCUT2D eigenvalue weighted by Gasteiger charge is 2.38. The molecule has 26 N–H and O–H groups in total. The van der Waals surface area contributed by atoms with Crippen LogP contribution in [-0.4, -0.2) is 198 Å². The number of benzene rings is 1. The van der Waals surface area contributed by atoms with E-state index in [0.29, 0.717) is 95.8 Å². The van der Waals surface area contributed by atoms with Crippen molar-refractivity contribution in [3.05, 3.63) is 29.8 Å². The van der Waals surface area contributed by atoms with Gasteiger partial charge in [-0.1, -0.05) is 87.8 Å². The minimum absolute atomic E-state index is 0.00719. The molecule has 0 saturated carbocycles. The van der Waals surface area contributed by atoms with Crippen LogP contribution >= 0.6 is 0 Å². The van der Waals surface area contributed by atoms with Crippen molar-refractivity contribution in [2.24, 2.45) is 64.0 Å². The zero-order valence-electron chi connectivity index (χ0n) is 63.4. The molecule has 0 heterocycles. The molecule has 1 aromatic carbocycles. The molecule has 1 rings (SSSR count). The number of aromatic hydroxyl groups is 1. The Balaban J connectivity index is 3.44. The number of phenols is 1. The molecule has 0 radical (unpaired) electrons. The van der Waals surface area contributed by atoms with Gasteiger partial charge in [-0.3, -0.25) is 57.5 Å². The lowest BCUT2D eigenvalue weighted by atomic mass is 9.98. The number of hydrogen-bond acceptors (Lipinski definition) is 20. The lowest BCUT2D eigenvalue weighted by Gasteiger charge is -2.30. The molecule has 0 fully saturated rings. The van der Waals surface area contributed by atoms with Gasteiger partial charge in [-0.15, -0.1) is 0 Å². The third kappa shape index (κ3) is 35.6. The quantitative estimate of drug-likeness (QED) is 0.0331. The number of carboxylic acid groups (broad SMARTS) is 1. The molecule has 592 valence electrons. The summed E-state index contributed by atoms with van der Waals surface area (Å²) in [5.74, 6) is -12.9. The smallest absolute Gasteiger partial charge is 0.326 e. The number of amides is 12. The topological polar surface area (TPSA) is 563 Å². The summed E-state index contributed by atoms with van der Waals surface area (Å²) < 4.78 is 0. The largest absolute Gasteiger partial charge is 0.508 e. The summed E-state index contributed by atoms with van der Waals surface area (Å²) in [6.45, 7) is 21.0. The number of unbranched alkanes of at least 4 members (excludes halogenated alkanes) is 5. The van der Waals surface area contributed by atoms with E-state index in [1.165, 1.54) is 38.1 Å². The lowest BCUT2D eigenvalue weighted by molar-refractivity contribution is -0.143. The third-order valence-corrected chi connectivity index (χ3v) is 17.5. The number of carbonyl (C=O) groups is 13. The van der Waals surface area contributed by atoms with Crippen LogP contribution in [0.2, 0.25) is 0 Å². The van der Waals surface area contributed by atoms with Gasteiger partial charge in [0.15, 0.2) is 0 Å². The average molecular weight is 1470 g/mol. The van der Waals surface area contributed by atoms with E-state index in [1.54, 1.807) is 55.4 Å². The summed E-state index contributed by atoms with van der Waals surface area (Å²) in [5, 5.41) is 51.9. The normalized spacial score (nSPS) is 15.2. The third-order valence-electron chi connectivity index (χ3n) is 17.5. The van der Waals surface area contributed by atoms with E-state index in [-0.39, 0.29) is 63.3 Å². The Morgan fingerprint density at radius 3 is 0.952 bits per heavy atom. The van der Waals surface area contributed by atoms with Gasteiger partial charge in [0.1, 0.15) is 78.3 Å². The van der Waals surface area contributed by atoms with Crippen LogP contribution in [0.5, 0.6) is 5.75 Å². The fraction of sp³-hybridized carbons (Fsp3) is 0.732. The number of hydrogen-bond donors (Lipinski definition) is 20. The fourth-order valence-corrected chi connectivity index (χ4v) is 11.0. The SMILES string of the molecule is CC(C)C[C@H](NC(=O)[C@@H](NC(=O)[C@H](Cc1ccc(O)cc1)NC(=O)[C@H](CCCCN)NC(=O)[C@H](C)NC(=O)[C@H](C)NC(=O)[C@@H](NC(=O)[C@@H](NC(=O)[C@H](CCCCN)NC(=O)[C@H](CCCCN)NC(=O)[C@H](CCCCN)NC(=O)[C@@H](N)CCCCN)C(C)C)C(C)C)C(C)C)C(=O)N[C@H](C(=O)O)C(C)C. The Kier molecular flexibility index (Phi) is 45.5. The first kappa shape index (κ1) is 93.9. The van der Waals surface area contributed by atoms with Gasteiger partial charge in [0.2, 0.25) is 70.9 Å². The summed E-state index contributed by atoms with van der Waals surface area (Å²) in [5.41, 5.74) is 35.4. The Morgan fingerprint density at radius 2 is 0.587 bits per heavy atom. The van der Waals surface area contributed by atoms with Crippen molar-refractivity contribution in [1.82, 2.24) is 63.8 Å². The molecule has 0 unspecified atom stereocenters. The molecule has 0 aliphatic carbocycles. The molecule has 33 heteroatoms. The van der Waals surface area contributed by atoms with Crippen molar-refractivity contribution in [3.8, 4) is 5.75 Å². The number of aliphatic carboxylic acids is 1. The second-order valence-corrected chi connectivity index (χ2v) is 28.6. The van der Waals surface area contributed by atoms with Gasteiger partial charge < -0.3 is 108 Å². The number of phenolic OH excluding ortho intramolecular Hbond substituents is 1. The van der Waals surface area contributed by atoms with Crippen LogP contribution in [0.4, 0.5) is 0 Å². The van der Waals surface area contributed by atoms with Gasteiger partial charge in [-0.05, 0) is 190 Å². The van der Waals surface area contributed by atoms with Gasteiger partial charge in [-0.25, -0.2) is 4.79 Å². The molecule has 0 aliphatic rings. The van der Waals surface area contributed by atoms with Crippen LogP contribution in [0.25, 0.3) is 0 Å². The second-order valence-electron chi connectivity index (χ2n) is 28.6. The van der Waals surface area contributed by atoms with Gasteiger partial charge in [0.25, 0.3) is 0 Å². The first-order valence-electron chi connectivity index (χ1n) is 36.9. The molecule has 0 bridgehead atoms. The minimum Gasteiger partial charge on any atom is -0.508 e. The highest BCUT2D eigenvalue weighted by molar-refractivity contribution is 6.00. The number of rotatable bonds is 53. The molecule has 0 aliphatic heterocycles. The van der Waals surface area contributed by atoms with E-state index in [1.807, 2.05) is 13.8 Å². The highest BCUT2D eigenvalue weighted by atomic mass is 16.4. The number of carbonyl (C=O) groups excluding carboxylic acids is 12. The second kappa shape index (κ2) is 50.4. The van der Waals surface area contributed by atoms with Crippen molar-refractivity contribution in [3.63, 3.8) is 0 Å². The maximum Gasteiger partial charge on any atom is 0.326 e. The number of carboxylic acids is 1. The van der Waals surface area contributed by atoms with Crippen molar-refractivity contribution in [2.45, 2.75) is 271 Å². The zero-order valence-corrected chi connectivity index (χ0v) is 63.4. The summed E-state index contributed by atoms with van der Waals surface area (Å²) in [7, 11) is 0. The standard InChI is InChI=1S/C71H128N18O15/c1-39(2)37-53(66(98)89-58(43(9)10)71(103)104)85-69(101)56(41(5)6)87-67(99)54(38-46-28-30-47(90)31-29-46)84-64(96)49(24-14-19-33-73)80-60(92)45(12)78-59(91)44(11)79-68(100)55(40(3)4)88-70(102)57(42(7)8)86-65(97)52(27-17-22-36-76)83-63(95)51(26-16-21-35-75)82-62(94)50(25-15-20-34-74)81-61(93)48(77)23-13-18-32-72/h28-31,39-45,48-58,90H,13-27,32-38,72-77H2,1-12H3,(H,78,91)(H,79,100)(H,80,92)(H,81,93)(H,82,94)(H,83,95)(H,84,96)(H,85,101)(H,86,97)(H,87,99)(H,88,102)(H,89,98)(H,103,104)/t44-,45-,48-,49-,50-,51-,52-,53-,54-,55-,56-,57-,58-/m0/s1. The van der Waals surface area contributed by atoms with Crippen molar-refractivity contribution in [1.29, 1.82) is 0 Å². The van der Waals surface area contributed by atoms with E-state index in [4.69, 9.17) is 34.4 Å². The molecular weight excluding hydrogens is 1340 g/mol. The van der Waals surface area contributed by atoms with E-state index >= 15 is 0 Å². The van der Waals surface area contributed by atoms with Crippen LogP contribution in [0.15, 0.2) is 24.3 Å². The molecule has 104 heavy (non-hydrogen) atoms. The maximum atomic E-state index is 14.5. The van der Waals surface area contributed by atoms with Crippen LogP contribution in [0.1, 0.15) is 191 Å². The van der Waals surface area contributed by atoms with E-state index in [9.17, 15) is 72.5 Å². The summed E-state index contributed by atoms with van der Waals surface area (Å²) in [6, 6.07) is -10.4. The van der Waals surface area contributed by atoms with Gasteiger partial charge in [0.05, 0.1) is 6.04 Å². The van der Waals surface area contributed by atoms with Gasteiger partial charge in [0, 0.05) is 6.42 Å². The Hall–Kier alpha value is -8.11. The average Bonchev–Trinajstić information content (AvgIpc) is 0.851. The van der Waals surface area contributed by atoms with E-state index in [2.05, 4.69) is 63.8 Å². The maximum absolute atomic E-state index is 14.5. The fourth-order valence-electron chi connectivity index (χ4n) is 11.0. The molecule has 0 spiro atoms. The molecule has 0 saturated heterocycles. The van der Waals surface area contributed by atoms with Crippen molar-refractivity contribution < 1.29 is 72.5 Å².